The number of carbonyl (C=O) groups is 1. The van der Waals surface area contributed by atoms with Crippen molar-refractivity contribution in [2.75, 3.05) is 13.2 Å². The molecule has 0 aliphatic heterocycles. The van der Waals surface area contributed by atoms with Gasteiger partial charge in [0.1, 0.15) is 45.2 Å². The van der Waals surface area contributed by atoms with Gasteiger partial charge >= 0.3 is 5.97 Å². The lowest BCUT2D eigenvalue weighted by Crippen LogP contribution is -2.38. The zero-order chi connectivity index (χ0) is 29.1. The van der Waals surface area contributed by atoms with Crippen LogP contribution in [0, 0.1) is 0 Å². The van der Waals surface area contributed by atoms with Crippen LogP contribution in [0.1, 0.15) is 10.4 Å². The molecule has 8 heteroatoms. The van der Waals surface area contributed by atoms with Crippen LogP contribution < -0.4 is 21.2 Å². The molecule has 5 aromatic carbocycles. The average Bonchev–Trinajstić information content (AvgIpc) is 3.02. The summed E-state index contributed by atoms with van der Waals surface area (Å²) in [4.78, 5) is 10.7. The minimum atomic E-state index is -4.72. The van der Waals surface area contributed by atoms with Crippen LogP contribution in [0.5, 0.6) is 0 Å². The molecule has 0 saturated carbocycles. The highest BCUT2D eigenvalue weighted by Gasteiger charge is 2.47. The van der Waals surface area contributed by atoms with Gasteiger partial charge in [-0.3, -0.25) is 0 Å². The molecule has 0 amide bonds. The molecule has 5 aromatic rings. The molecule has 0 saturated heterocycles. The number of carbonyl (C=O) groups excluding carboxylic acids is 1. The van der Waals surface area contributed by atoms with Crippen molar-refractivity contribution < 1.29 is 27.6 Å². The topological polar surface area (TPSA) is 104 Å². The number of esters is 1. The summed E-state index contributed by atoms with van der Waals surface area (Å²) in [6.07, 6.45) is 0. The zero-order valence-corrected chi connectivity index (χ0v) is 23.8. The van der Waals surface area contributed by atoms with E-state index in [1.807, 2.05) is 0 Å². The lowest BCUT2D eigenvalue weighted by Gasteiger charge is -2.27. The molecule has 0 radical (unpaired) electrons. The minimum absolute atomic E-state index is 0.258. The summed E-state index contributed by atoms with van der Waals surface area (Å²) >= 11 is 0. The first kappa shape index (κ1) is 29.8. The molecule has 6 nitrogen and oxygen atoms in total. The van der Waals surface area contributed by atoms with Gasteiger partial charge in [-0.1, -0.05) is 84.9 Å². The van der Waals surface area contributed by atoms with E-state index in [4.69, 9.17) is 5.11 Å². The van der Waals surface area contributed by atoms with Gasteiger partial charge in [-0.2, -0.15) is 0 Å². The van der Waals surface area contributed by atoms with Crippen LogP contribution in [0.4, 0.5) is 0 Å². The molecule has 1 N–H and O–H groups in total. The van der Waals surface area contributed by atoms with Crippen molar-refractivity contribution in [2.45, 2.75) is 4.90 Å². The number of benzene rings is 5. The molecular formula is C33H29O6PS. The van der Waals surface area contributed by atoms with E-state index in [9.17, 15) is 17.8 Å². The van der Waals surface area contributed by atoms with Crippen LogP contribution in [0.2, 0.25) is 0 Å². The highest BCUT2D eigenvalue weighted by molar-refractivity contribution is 8.01. The van der Waals surface area contributed by atoms with Crippen molar-refractivity contribution in [2.24, 2.45) is 0 Å². The Hall–Kier alpha value is -4.13. The third-order valence-corrected chi connectivity index (χ3v) is 11.5. The molecule has 0 aromatic heterocycles. The zero-order valence-electron chi connectivity index (χ0n) is 22.1. The molecule has 5 rings (SSSR count). The summed E-state index contributed by atoms with van der Waals surface area (Å²) in [6, 6.07) is 48.8. The molecule has 0 unspecified atom stereocenters. The van der Waals surface area contributed by atoms with E-state index in [1.54, 1.807) is 0 Å². The van der Waals surface area contributed by atoms with Crippen molar-refractivity contribution in [3.05, 3.63) is 151 Å². The lowest BCUT2D eigenvalue weighted by molar-refractivity contribution is 0.0429. The Bertz CT molecular complexity index is 1480. The molecule has 208 valence electrons. The fourth-order valence-corrected chi connectivity index (χ4v) is 9.50. The molecule has 0 aliphatic rings. The van der Waals surface area contributed by atoms with Crippen LogP contribution >= 0.6 is 7.26 Å². The number of hydrogen-bond donors (Lipinski definition) is 1. The number of hydrogen-bond acceptors (Lipinski definition) is 6. The molecular weight excluding hydrogens is 555 g/mol. The smallest absolute Gasteiger partial charge is 0.339 e. The van der Waals surface area contributed by atoms with Gasteiger partial charge in [0.05, 0.1) is 17.1 Å². The fourth-order valence-electron chi connectivity index (χ4n) is 4.57. The predicted octanol–water partition coefficient (Wildman–Crippen LogP) is 4.05. The van der Waals surface area contributed by atoms with Gasteiger partial charge in [-0.15, -0.1) is 0 Å². The van der Waals surface area contributed by atoms with Gasteiger partial charge in [-0.05, 0) is 60.7 Å². The van der Waals surface area contributed by atoms with E-state index >= 15 is 0 Å². The Morgan fingerprint density at radius 3 is 1.29 bits per heavy atom. The van der Waals surface area contributed by atoms with Crippen LogP contribution in [0.3, 0.4) is 0 Å². The average molecular weight is 585 g/mol. The molecule has 0 atom stereocenters. The molecule has 0 heterocycles. The SMILES string of the molecule is O=C(OCCO)c1ccccc1S(=O)(=O)[O-].c1ccc([P+](c2ccccc2)(c2ccccc2)c2ccccc2)cc1. The van der Waals surface area contributed by atoms with Gasteiger partial charge < -0.3 is 14.4 Å². The third kappa shape index (κ3) is 6.96. The quantitative estimate of drug-likeness (QED) is 0.168. The van der Waals surface area contributed by atoms with Crippen LogP contribution in [-0.4, -0.2) is 37.3 Å². The maximum atomic E-state index is 11.3. The molecule has 0 aliphatic carbocycles. The summed E-state index contributed by atoms with van der Waals surface area (Å²) < 4.78 is 37.0. The van der Waals surface area contributed by atoms with Crippen LogP contribution in [0.25, 0.3) is 0 Å². The summed E-state index contributed by atoms with van der Waals surface area (Å²) in [6.45, 7) is -0.635. The highest BCUT2D eigenvalue weighted by atomic mass is 32.2. The van der Waals surface area contributed by atoms with E-state index in [-0.39, 0.29) is 18.8 Å². The van der Waals surface area contributed by atoms with Crippen molar-refractivity contribution in [3.63, 3.8) is 0 Å². The van der Waals surface area contributed by atoms with Crippen molar-refractivity contribution in [1.29, 1.82) is 0 Å². The van der Waals surface area contributed by atoms with Crippen LogP contribution in [0.15, 0.2) is 150 Å². The maximum absolute atomic E-state index is 11.3. The highest BCUT2D eigenvalue weighted by Crippen LogP contribution is 2.53. The Balaban J connectivity index is 0.000000210. The number of aliphatic hydroxyl groups is 1. The Kier molecular flexibility index (Phi) is 10.2. The van der Waals surface area contributed by atoms with Crippen molar-refractivity contribution in [1.82, 2.24) is 0 Å². The van der Waals surface area contributed by atoms with Gasteiger partial charge in [0.15, 0.2) is 0 Å². The second kappa shape index (κ2) is 14.0. The van der Waals surface area contributed by atoms with E-state index in [0.29, 0.717) is 0 Å². The first-order chi connectivity index (χ1) is 19.9. The second-order valence-electron chi connectivity index (χ2n) is 8.82. The summed E-state index contributed by atoms with van der Waals surface area (Å²) in [7, 11) is -6.62. The predicted molar refractivity (Wildman–Crippen MR) is 163 cm³/mol. The van der Waals surface area contributed by atoms with Gasteiger partial charge in [-0.25, -0.2) is 13.2 Å². The minimum Gasteiger partial charge on any atom is -0.744 e. The normalized spacial score (nSPS) is 11.2. The van der Waals surface area contributed by atoms with Gasteiger partial charge in [0.2, 0.25) is 0 Å². The number of aliphatic hydroxyl groups excluding tert-OH is 1. The molecule has 0 bridgehead atoms. The Labute approximate surface area is 241 Å². The fraction of sp³-hybridized carbons (Fsp3) is 0.0606. The Morgan fingerprint density at radius 1 is 0.610 bits per heavy atom. The summed E-state index contributed by atoms with van der Waals surface area (Å²) in [5, 5.41) is 14.0. The van der Waals surface area contributed by atoms with Crippen LogP contribution in [-0.2, 0) is 14.9 Å². The monoisotopic (exact) mass is 584 g/mol. The second-order valence-corrected chi connectivity index (χ2v) is 13.6. The van der Waals surface area contributed by atoms with E-state index in [1.165, 1.54) is 39.4 Å². The number of ether oxygens (including phenoxy) is 1. The maximum Gasteiger partial charge on any atom is 0.339 e. The first-order valence-electron chi connectivity index (χ1n) is 12.8. The van der Waals surface area contributed by atoms with E-state index < -0.39 is 28.2 Å². The third-order valence-electron chi connectivity index (χ3n) is 6.27. The van der Waals surface area contributed by atoms with E-state index in [0.717, 1.165) is 6.07 Å². The standard InChI is InChI=1S/C24H20P.C9H10O6S/c1-5-13-21(14-6-1)25(22-15-7-2-8-16-22,23-17-9-3-10-18-23)24-19-11-4-12-20-24;10-5-6-15-9(11)7-3-1-2-4-8(7)16(12,13)14/h1-20H;1-4,10H,5-6H2,(H,12,13,14)/q+1;/p-1. The van der Waals surface area contributed by atoms with E-state index in [2.05, 4.69) is 126 Å². The summed E-state index contributed by atoms with van der Waals surface area (Å²) in [5.41, 5.74) is -0.328. The summed E-state index contributed by atoms with van der Waals surface area (Å²) in [5.74, 6) is -0.955. The first-order valence-corrected chi connectivity index (χ1v) is 16.0. The molecule has 0 spiro atoms. The van der Waals surface area contributed by atoms with Crippen molar-refractivity contribution in [3.8, 4) is 0 Å². The Morgan fingerprint density at radius 2 is 0.951 bits per heavy atom. The van der Waals surface area contributed by atoms with Gasteiger partial charge in [0.25, 0.3) is 0 Å². The van der Waals surface area contributed by atoms with Gasteiger partial charge in [0, 0.05) is 0 Å². The molecule has 41 heavy (non-hydrogen) atoms. The largest absolute Gasteiger partial charge is 0.744 e. The number of rotatable bonds is 8. The lowest BCUT2D eigenvalue weighted by atomic mass is 10.2. The van der Waals surface area contributed by atoms with Crippen molar-refractivity contribution >= 4 is 44.6 Å². The molecule has 0 fully saturated rings.